The smallest absolute Gasteiger partial charge is 0.278 e. The van der Waals surface area contributed by atoms with Crippen molar-refractivity contribution in [3.63, 3.8) is 0 Å². The van der Waals surface area contributed by atoms with Crippen LogP contribution in [0, 0.1) is 15.3 Å². The number of nitrogens with zero attached hydrogens (tertiary/aromatic N) is 3. The summed E-state index contributed by atoms with van der Waals surface area (Å²) in [7, 11) is 0. The van der Waals surface area contributed by atoms with Crippen LogP contribution in [0.3, 0.4) is 0 Å². The van der Waals surface area contributed by atoms with Gasteiger partial charge in [-0.05, 0) is 66.0 Å². The molecule has 2 atom stereocenters. The van der Waals surface area contributed by atoms with E-state index < -0.39 is 23.0 Å². The van der Waals surface area contributed by atoms with Gasteiger partial charge in [-0.2, -0.15) is 0 Å². The summed E-state index contributed by atoms with van der Waals surface area (Å²) < 4.78 is 15.4. The van der Waals surface area contributed by atoms with Crippen LogP contribution < -0.4 is 15.8 Å². The maximum atomic E-state index is 13.3. The van der Waals surface area contributed by atoms with E-state index in [1.807, 2.05) is 34.5 Å². The Morgan fingerprint density at radius 2 is 2.09 bits per heavy atom. The summed E-state index contributed by atoms with van der Waals surface area (Å²) >= 11 is 1.97. The number of rotatable bonds is 4. The van der Waals surface area contributed by atoms with E-state index in [1.54, 1.807) is 11.0 Å². The van der Waals surface area contributed by atoms with Crippen molar-refractivity contribution in [3.05, 3.63) is 60.8 Å². The molecule has 1 aromatic carbocycles. The van der Waals surface area contributed by atoms with Crippen LogP contribution in [0.4, 0.5) is 4.39 Å². The molecule has 0 radical (unpaired) electrons. The van der Waals surface area contributed by atoms with Crippen molar-refractivity contribution in [1.29, 1.82) is 0 Å². The van der Waals surface area contributed by atoms with Gasteiger partial charge in [-0.1, -0.05) is 13.0 Å². The van der Waals surface area contributed by atoms with Crippen molar-refractivity contribution < 1.29 is 19.1 Å². The maximum Gasteiger partial charge on any atom is 0.278 e. The van der Waals surface area contributed by atoms with Crippen LogP contribution in [-0.4, -0.2) is 45.8 Å². The van der Waals surface area contributed by atoms with Crippen LogP contribution in [-0.2, 0) is 6.54 Å². The number of hydrogen-bond acceptors (Lipinski definition) is 5. The summed E-state index contributed by atoms with van der Waals surface area (Å²) in [6.07, 6.45) is 2.79. The molecule has 2 N–H and O–H groups in total. The van der Waals surface area contributed by atoms with Crippen molar-refractivity contribution in [3.8, 4) is 5.75 Å². The third-order valence-electron chi connectivity index (χ3n) is 6.11. The monoisotopic (exact) mass is 554 g/mol. The number of benzene rings is 1. The van der Waals surface area contributed by atoms with Gasteiger partial charge >= 0.3 is 0 Å². The quantitative estimate of drug-likeness (QED) is 0.567. The van der Waals surface area contributed by atoms with Crippen LogP contribution in [0.25, 0.3) is 0 Å². The van der Waals surface area contributed by atoms with Crippen molar-refractivity contribution in [1.82, 2.24) is 14.9 Å². The molecule has 2 aromatic rings. The Morgan fingerprint density at radius 3 is 2.78 bits per heavy atom. The lowest BCUT2D eigenvalue weighted by molar-refractivity contribution is 0.0496. The van der Waals surface area contributed by atoms with Gasteiger partial charge < -0.3 is 15.3 Å². The van der Waals surface area contributed by atoms with E-state index >= 15 is 0 Å². The standard InChI is InChI=1S/C22H24FIN4O4/c1-3-26-17-8-12(2)6-7-27(17)28-11-15(19(29)20(30)18(28)22(26)32)21(31)25-10-13-4-5-14(23)9-16(13)24/h4-5,9,11-12,17,30H,3,6-8,10H2,1-2H3,(H,25,31)/t12-,17+/m1/s1. The molecule has 0 bridgehead atoms. The molecule has 8 nitrogen and oxygen atoms in total. The van der Waals surface area contributed by atoms with E-state index in [9.17, 15) is 23.9 Å². The third-order valence-corrected chi connectivity index (χ3v) is 7.12. The highest BCUT2D eigenvalue weighted by Gasteiger charge is 2.42. The first-order valence-corrected chi connectivity index (χ1v) is 11.6. The highest BCUT2D eigenvalue weighted by molar-refractivity contribution is 14.1. The molecule has 32 heavy (non-hydrogen) atoms. The molecule has 1 fully saturated rings. The van der Waals surface area contributed by atoms with Gasteiger partial charge in [-0.15, -0.1) is 0 Å². The molecule has 0 aliphatic carbocycles. The Morgan fingerprint density at radius 1 is 1.34 bits per heavy atom. The summed E-state index contributed by atoms with van der Waals surface area (Å²) in [5.41, 5.74) is -0.567. The number of piperidine rings is 1. The molecule has 0 saturated carbocycles. The number of pyridine rings is 1. The lowest BCUT2D eigenvalue weighted by Gasteiger charge is -2.50. The van der Waals surface area contributed by atoms with Gasteiger partial charge in [0.1, 0.15) is 17.5 Å². The van der Waals surface area contributed by atoms with Crippen molar-refractivity contribution in [2.75, 3.05) is 18.1 Å². The third kappa shape index (κ3) is 3.84. The second-order valence-electron chi connectivity index (χ2n) is 8.20. The fourth-order valence-electron chi connectivity index (χ4n) is 4.35. The molecule has 1 saturated heterocycles. The van der Waals surface area contributed by atoms with E-state index in [1.165, 1.54) is 23.0 Å². The Kier molecular flexibility index (Phi) is 6.15. The predicted octanol–water partition coefficient (Wildman–Crippen LogP) is 2.40. The zero-order valence-corrected chi connectivity index (χ0v) is 19.9. The molecule has 0 unspecified atom stereocenters. The summed E-state index contributed by atoms with van der Waals surface area (Å²) in [6.45, 7) is 5.15. The van der Waals surface area contributed by atoms with E-state index in [4.69, 9.17) is 0 Å². The molecule has 10 heteroatoms. The number of carbonyl (C=O) groups excluding carboxylic acids is 2. The van der Waals surface area contributed by atoms with Crippen molar-refractivity contribution in [2.24, 2.45) is 5.92 Å². The van der Waals surface area contributed by atoms with Crippen LogP contribution >= 0.6 is 22.6 Å². The fraction of sp³-hybridized carbons (Fsp3) is 0.409. The molecule has 1 aromatic heterocycles. The summed E-state index contributed by atoms with van der Waals surface area (Å²) in [5, 5.41) is 15.2. The summed E-state index contributed by atoms with van der Waals surface area (Å²) in [6, 6.07) is 4.21. The molecule has 4 rings (SSSR count). The minimum atomic E-state index is -0.893. The van der Waals surface area contributed by atoms with Crippen LogP contribution in [0.5, 0.6) is 5.75 Å². The van der Waals surface area contributed by atoms with Gasteiger partial charge in [0.2, 0.25) is 5.43 Å². The first kappa shape index (κ1) is 22.6. The molecule has 2 aliphatic heterocycles. The highest BCUT2D eigenvalue weighted by Crippen LogP contribution is 2.31. The van der Waals surface area contributed by atoms with Gasteiger partial charge in [0.05, 0.1) is 0 Å². The van der Waals surface area contributed by atoms with E-state index in [0.717, 1.165) is 12.8 Å². The van der Waals surface area contributed by atoms with Gasteiger partial charge in [-0.3, -0.25) is 24.1 Å². The number of carbonyl (C=O) groups is 2. The number of nitrogens with one attached hydrogen (secondary N) is 1. The van der Waals surface area contributed by atoms with E-state index in [-0.39, 0.29) is 29.8 Å². The Balaban J connectivity index is 1.69. The largest absolute Gasteiger partial charge is 0.502 e. The van der Waals surface area contributed by atoms with Crippen LogP contribution in [0.1, 0.15) is 53.1 Å². The molecule has 170 valence electrons. The Hall–Kier alpha value is -2.63. The highest BCUT2D eigenvalue weighted by atomic mass is 127. The Bertz CT molecular complexity index is 1150. The predicted molar refractivity (Wildman–Crippen MR) is 125 cm³/mol. The lowest BCUT2D eigenvalue weighted by atomic mass is 9.95. The number of aromatic nitrogens is 1. The number of hydrogen-bond donors (Lipinski definition) is 2. The lowest BCUT2D eigenvalue weighted by Crippen LogP contribution is -2.64. The Labute approximate surface area is 198 Å². The molecule has 3 heterocycles. The van der Waals surface area contributed by atoms with E-state index in [0.29, 0.717) is 28.1 Å². The first-order chi connectivity index (χ1) is 15.2. The van der Waals surface area contributed by atoms with Gasteiger partial charge in [0.15, 0.2) is 11.4 Å². The SMILES string of the molecule is CCN1C(=O)c2c(O)c(=O)c(C(=O)NCc3ccc(F)cc3I)cn2N2CC[C@@H](C)C[C@@H]12. The average molecular weight is 554 g/mol. The van der Waals surface area contributed by atoms with Gasteiger partial charge in [0.25, 0.3) is 11.8 Å². The van der Waals surface area contributed by atoms with E-state index in [2.05, 4.69) is 12.2 Å². The minimum absolute atomic E-state index is 0.0890. The maximum absolute atomic E-state index is 13.3. The van der Waals surface area contributed by atoms with Crippen LogP contribution in [0.2, 0.25) is 0 Å². The molecule has 2 aliphatic rings. The molecule has 0 spiro atoms. The zero-order chi connectivity index (χ0) is 23.2. The number of amides is 2. The van der Waals surface area contributed by atoms with Crippen LogP contribution in [0.15, 0.2) is 29.2 Å². The number of fused-ring (bicyclic) bond motifs is 3. The number of halogens is 2. The van der Waals surface area contributed by atoms with Gasteiger partial charge in [-0.25, -0.2) is 4.39 Å². The molecular formula is C22H24FIN4O4. The fourth-order valence-corrected chi connectivity index (χ4v) is 5.02. The summed E-state index contributed by atoms with van der Waals surface area (Å²) in [4.78, 5) is 40.4. The second kappa shape index (κ2) is 8.72. The van der Waals surface area contributed by atoms with Crippen molar-refractivity contribution >= 4 is 34.4 Å². The average Bonchev–Trinajstić information content (AvgIpc) is 2.75. The zero-order valence-electron chi connectivity index (χ0n) is 17.8. The normalized spacial score (nSPS) is 20.1. The minimum Gasteiger partial charge on any atom is -0.502 e. The summed E-state index contributed by atoms with van der Waals surface area (Å²) in [5.74, 6) is -1.78. The first-order valence-electron chi connectivity index (χ1n) is 10.5. The topological polar surface area (TPSA) is 94.9 Å². The van der Waals surface area contributed by atoms with Crippen molar-refractivity contribution in [2.45, 2.75) is 39.4 Å². The second-order valence-corrected chi connectivity index (χ2v) is 9.36. The molecule has 2 amide bonds. The van der Waals surface area contributed by atoms with Gasteiger partial charge in [0, 0.05) is 29.4 Å². The number of aromatic hydroxyl groups is 1. The molecular weight excluding hydrogens is 530 g/mol.